The van der Waals surface area contributed by atoms with E-state index in [1.807, 2.05) is 13.0 Å². The molecule has 0 spiro atoms. The maximum atomic E-state index is 12.8. The van der Waals surface area contributed by atoms with Gasteiger partial charge >= 0.3 is 0 Å². The molecule has 1 amide bonds. The lowest BCUT2D eigenvalue weighted by Gasteiger charge is -2.48. The minimum atomic E-state index is -1.97. The Labute approximate surface area is 429 Å². The van der Waals surface area contributed by atoms with Crippen LogP contribution in [0.15, 0.2) is 12.2 Å². The van der Waals surface area contributed by atoms with Crippen molar-refractivity contribution in [2.45, 2.75) is 291 Å². The third-order valence-corrected chi connectivity index (χ3v) is 14.3. The summed E-state index contributed by atoms with van der Waals surface area (Å²) < 4.78 is 33.9. The largest absolute Gasteiger partial charge is 0.394 e. The zero-order valence-electron chi connectivity index (χ0n) is 43.7. The highest BCUT2D eigenvalue weighted by Crippen LogP contribution is 2.33. The van der Waals surface area contributed by atoms with E-state index >= 15 is 0 Å². The van der Waals surface area contributed by atoms with Crippen molar-refractivity contribution in [3.05, 3.63) is 12.2 Å². The molecule has 424 valence electrons. The van der Waals surface area contributed by atoms with Crippen LogP contribution in [0.3, 0.4) is 0 Å². The number of nitrogens with one attached hydrogen (secondary N) is 1. The SMILES string of the molecule is CCCCCCCCCCCCCCCCCCCCCCCCC/C=C/C(O)C(COC1OC(CO)C(OC2OC(CO)C(OC3OC(CO)C(O)C(O)C3O)C(O)C2O)C(O)C1O)NC(=O)CCCC. The molecular weight excluding hydrogens is 939 g/mol. The molecule has 3 aliphatic rings. The number of amides is 1. The molecule has 0 radical (unpaired) electrons. The Bertz CT molecular complexity index is 1380. The molecule has 3 fully saturated rings. The van der Waals surface area contributed by atoms with Crippen LogP contribution in [0.1, 0.15) is 187 Å². The maximum Gasteiger partial charge on any atom is 0.220 e. The van der Waals surface area contributed by atoms with Gasteiger partial charge in [-0.2, -0.15) is 0 Å². The van der Waals surface area contributed by atoms with Crippen molar-refractivity contribution >= 4 is 5.91 Å². The van der Waals surface area contributed by atoms with Crippen LogP contribution in [0.4, 0.5) is 0 Å². The first-order valence-corrected chi connectivity index (χ1v) is 27.9. The van der Waals surface area contributed by atoms with E-state index in [9.17, 15) is 61.0 Å². The van der Waals surface area contributed by atoms with Gasteiger partial charge in [0.2, 0.25) is 5.91 Å². The highest BCUT2D eigenvalue weighted by atomic mass is 16.8. The second kappa shape index (κ2) is 38.1. The molecule has 0 aromatic heterocycles. The van der Waals surface area contributed by atoms with Crippen LogP contribution < -0.4 is 5.32 Å². The van der Waals surface area contributed by atoms with Crippen LogP contribution in [0.25, 0.3) is 0 Å². The maximum absolute atomic E-state index is 12.8. The number of rotatable bonds is 40. The average molecular weight is 1040 g/mol. The number of hydrogen-bond acceptors (Lipinski definition) is 18. The van der Waals surface area contributed by atoms with Gasteiger partial charge in [0.15, 0.2) is 18.9 Å². The summed E-state index contributed by atoms with van der Waals surface area (Å²) in [6, 6.07) is -0.963. The standard InChI is InChI=1S/C53H99NO18/c1-3-5-7-8-9-10-11-12-13-14-15-16-17-18-19-20-21-22-23-24-25-26-27-28-29-30-37(58)36(54-41(59)31-6-4-2)35-67-51-47(65)44(62)49(39(33-56)69-51)72-53-48(66)45(63)50(40(34-57)70-53)71-52-46(64)43(61)42(60)38(32-55)68-52/h29-30,36-40,42-53,55-58,60-66H,3-28,31-35H2,1-2H3,(H,54,59)/b30-29+. The normalized spacial score (nSPS) is 32.0. The summed E-state index contributed by atoms with van der Waals surface area (Å²) in [4.78, 5) is 12.8. The summed E-state index contributed by atoms with van der Waals surface area (Å²) in [5.41, 5.74) is 0. The third-order valence-electron chi connectivity index (χ3n) is 14.3. The lowest BCUT2D eigenvalue weighted by atomic mass is 9.96. The highest BCUT2D eigenvalue weighted by Gasteiger charge is 2.53. The summed E-state index contributed by atoms with van der Waals surface area (Å²) in [6.07, 6.45) is 9.50. The second-order valence-electron chi connectivity index (χ2n) is 20.4. The molecule has 3 aliphatic heterocycles. The van der Waals surface area contributed by atoms with Gasteiger partial charge in [0.25, 0.3) is 0 Å². The minimum absolute atomic E-state index is 0.220. The first kappa shape index (κ1) is 64.8. The average Bonchev–Trinajstić information content (AvgIpc) is 3.38. The smallest absolute Gasteiger partial charge is 0.220 e. The summed E-state index contributed by atoms with van der Waals surface area (Å²) in [6.45, 7) is 1.45. The zero-order chi connectivity index (χ0) is 52.7. The predicted molar refractivity (Wildman–Crippen MR) is 268 cm³/mol. The molecule has 72 heavy (non-hydrogen) atoms. The molecule has 0 aliphatic carbocycles. The van der Waals surface area contributed by atoms with Gasteiger partial charge in [-0.1, -0.05) is 174 Å². The van der Waals surface area contributed by atoms with Gasteiger partial charge < -0.3 is 89.9 Å². The topological polar surface area (TPSA) is 307 Å². The quantitative estimate of drug-likeness (QED) is 0.0309. The molecule has 3 heterocycles. The van der Waals surface area contributed by atoms with E-state index in [0.29, 0.717) is 6.42 Å². The molecule has 3 rings (SSSR count). The number of ether oxygens (including phenoxy) is 6. The van der Waals surface area contributed by atoms with Crippen LogP contribution in [0.2, 0.25) is 0 Å². The summed E-state index contributed by atoms with van der Waals surface area (Å²) in [5, 5.41) is 119. The van der Waals surface area contributed by atoms with E-state index in [0.717, 1.165) is 32.1 Å². The monoisotopic (exact) mass is 1040 g/mol. The van der Waals surface area contributed by atoms with Gasteiger partial charge in [0, 0.05) is 6.42 Å². The van der Waals surface area contributed by atoms with Gasteiger partial charge in [-0.3, -0.25) is 4.79 Å². The molecule has 0 aromatic rings. The van der Waals surface area contributed by atoms with Gasteiger partial charge in [0.05, 0.1) is 38.6 Å². The van der Waals surface area contributed by atoms with Crippen molar-refractivity contribution in [2.75, 3.05) is 26.4 Å². The van der Waals surface area contributed by atoms with E-state index in [1.54, 1.807) is 6.08 Å². The van der Waals surface area contributed by atoms with E-state index in [2.05, 4.69) is 12.2 Å². The Hall–Kier alpha value is -1.47. The second-order valence-corrected chi connectivity index (χ2v) is 20.4. The van der Waals surface area contributed by atoms with Crippen molar-refractivity contribution in [1.82, 2.24) is 5.32 Å². The summed E-state index contributed by atoms with van der Waals surface area (Å²) >= 11 is 0. The van der Waals surface area contributed by atoms with Gasteiger partial charge in [-0.05, 0) is 19.3 Å². The Balaban J connectivity index is 1.37. The molecular formula is C53H99NO18. The van der Waals surface area contributed by atoms with Crippen molar-refractivity contribution in [3.8, 4) is 0 Å². The predicted octanol–water partition coefficient (Wildman–Crippen LogP) is 3.43. The lowest BCUT2D eigenvalue weighted by Crippen LogP contribution is -2.66. The molecule has 19 heteroatoms. The minimum Gasteiger partial charge on any atom is -0.394 e. The number of allylic oxidation sites excluding steroid dienone is 1. The molecule has 0 bridgehead atoms. The first-order valence-electron chi connectivity index (χ1n) is 27.9. The first-order chi connectivity index (χ1) is 34.8. The Kier molecular flexibility index (Phi) is 34.3. The Morgan fingerprint density at radius 1 is 0.486 bits per heavy atom. The molecule has 19 nitrogen and oxygen atoms in total. The number of hydrogen-bond donors (Lipinski definition) is 12. The van der Waals surface area contributed by atoms with Gasteiger partial charge in [-0.25, -0.2) is 0 Å². The van der Waals surface area contributed by atoms with Crippen LogP contribution in [0.5, 0.6) is 0 Å². The van der Waals surface area contributed by atoms with Crippen LogP contribution in [0, 0.1) is 0 Å². The fraction of sp³-hybridized carbons (Fsp3) is 0.943. The Morgan fingerprint density at radius 3 is 1.29 bits per heavy atom. The number of aliphatic hydroxyl groups is 11. The molecule has 17 unspecified atom stereocenters. The molecule has 12 N–H and O–H groups in total. The number of aliphatic hydroxyl groups excluding tert-OH is 11. The molecule has 17 atom stereocenters. The molecule has 0 aromatic carbocycles. The fourth-order valence-corrected chi connectivity index (χ4v) is 9.64. The summed E-state index contributed by atoms with van der Waals surface area (Å²) in [5.74, 6) is -0.310. The fourth-order valence-electron chi connectivity index (χ4n) is 9.64. The lowest BCUT2D eigenvalue weighted by molar-refractivity contribution is -0.379. The zero-order valence-corrected chi connectivity index (χ0v) is 43.7. The number of carbonyl (C=O) groups is 1. The van der Waals surface area contributed by atoms with E-state index in [1.165, 1.54) is 128 Å². The number of unbranched alkanes of at least 4 members (excludes halogenated alkanes) is 24. The van der Waals surface area contributed by atoms with Crippen LogP contribution >= 0.6 is 0 Å². The van der Waals surface area contributed by atoms with Gasteiger partial charge in [-0.15, -0.1) is 0 Å². The van der Waals surface area contributed by atoms with E-state index in [-0.39, 0.29) is 18.9 Å². The van der Waals surface area contributed by atoms with E-state index in [4.69, 9.17) is 28.4 Å². The Morgan fingerprint density at radius 2 is 0.861 bits per heavy atom. The highest BCUT2D eigenvalue weighted by molar-refractivity contribution is 5.76. The van der Waals surface area contributed by atoms with Crippen molar-refractivity contribution in [1.29, 1.82) is 0 Å². The van der Waals surface area contributed by atoms with Crippen molar-refractivity contribution in [2.24, 2.45) is 0 Å². The summed E-state index contributed by atoms with van der Waals surface area (Å²) in [7, 11) is 0. The molecule has 3 saturated heterocycles. The van der Waals surface area contributed by atoms with Gasteiger partial charge in [0.1, 0.15) is 73.2 Å². The van der Waals surface area contributed by atoms with Crippen LogP contribution in [-0.2, 0) is 33.2 Å². The van der Waals surface area contributed by atoms with E-state index < -0.39 is 124 Å². The van der Waals surface area contributed by atoms with Crippen molar-refractivity contribution in [3.63, 3.8) is 0 Å². The van der Waals surface area contributed by atoms with Crippen LogP contribution in [-0.4, -0.2) is 193 Å². The molecule has 0 saturated carbocycles. The third kappa shape index (κ3) is 23.0. The van der Waals surface area contributed by atoms with Crippen molar-refractivity contribution < 1.29 is 89.4 Å². The number of carbonyl (C=O) groups excluding carboxylic acids is 1.